The molecule has 0 aliphatic heterocycles. The first kappa shape index (κ1) is 22.0. The van der Waals surface area contributed by atoms with Crippen molar-refractivity contribution in [3.63, 3.8) is 0 Å². The molecule has 0 bridgehead atoms. The molecule has 5 aromatic rings. The fourth-order valence-electron chi connectivity index (χ4n) is 8.59. The van der Waals surface area contributed by atoms with Crippen LogP contribution in [-0.2, 0) is 10.8 Å². The molecule has 0 radical (unpaired) electrons. The molecule has 0 saturated carbocycles. The van der Waals surface area contributed by atoms with Crippen LogP contribution in [0.15, 0.2) is 78.9 Å². The molecule has 0 nitrogen and oxygen atoms in total. The van der Waals surface area contributed by atoms with E-state index in [4.69, 9.17) is 0 Å². The molecule has 9 rings (SSSR count). The van der Waals surface area contributed by atoms with Crippen molar-refractivity contribution in [3.8, 4) is 22.3 Å². The first-order valence-electron chi connectivity index (χ1n) is 14.5. The number of hydrogen-bond donors (Lipinski definition) is 0. The van der Waals surface area contributed by atoms with Gasteiger partial charge in [0.2, 0.25) is 0 Å². The van der Waals surface area contributed by atoms with Gasteiger partial charge in [-0.3, -0.25) is 0 Å². The average Bonchev–Trinajstić information content (AvgIpc) is 3.46. The van der Waals surface area contributed by atoms with Crippen molar-refractivity contribution in [2.24, 2.45) is 0 Å². The summed E-state index contributed by atoms with van der Waals surface area (Å²) in [5.74, 6) is 0. The van der Waals surface area contributed by atoms with Gasteiger partial charge in [0.1, 0.15) is 0 Å². The summed E-state index contributed by atoms with van der Waals surface area (Å²) in [5.41, 5.74) is 18.8. The molecule has 0 N–H and O–H groups in total. The monoisotopic (exact) mass is 500 g/mol. The summed E-state index contributed by atoms with van der Waals surface area (Å²) in [6, 6.07) is 26.2. The molecule has 4 aliphatic carbocycles. The predicted octanol–water partition coefficient (Wildman–Crippen LogP) is 10.5. The van der Waals surface area contributed by atoms with Crippen LogP contribution >= 0.6 is 0 Å². The summed E-state index contributed by atoms with van der Waals surface area (Å²) < 4.78 is 0. The van der Waals surface area contributed by atoms with E-state index in [-0.39, 0.29) is 10.8 Å². The normalized spacial score (nSPS) is 18.4. The maximum atomic E-state index is 2.58. The Labute approximate surface area is 230 Å². The average molecular weight is 501 g/mol. The molecular formula is C39H32. The smallest absolute Gasteiger partial charge is 0.0159 e. The summed E-state index contributed by atoms with van der Waals surface area (Å²) >= 11 is 0. The second-order valence-electron chi connectivity index (χ2n) is 13.2. The van der Waals surface area contributed by atoms with E-state index >= 15 is 0 Å². The van der Waals surface area contributed by atoms with Crippen molar-refractivity contribution in [3.05, 3.63) is 118 Å². The Morgan fingerprint density at radius 2 is 1.18 bits per heavy atom. The summed E-state index contributed by atoms with van der Waals surface area (Å²) in [6.45, 7) is 12.0. The largest absolute Gasteiger partial charge is 0.0757 e. The number of allylic oxidation sites excluding steroid dienone is 4. The predicted molar refractivity (Wildman–Crippen MR) is 167 cm³/mol. The fourth-order valence-corrected chi connectivity index (χ4v) is 8.59. The summed E-state index contributed by atoms with van der Waals surface area (Å²) in [4.78, 5) is 0. The summed E-state index contributed by atoms with van der Waals surface area (Å²) in [6.07, 6.45) is 7.23. The van der Waals surface area contributed by atoms with E-state index in [1.54, 1.807) is 0 Å². The summed E-state index contributed by atoms with van der Waals surface area (Å²) in [7, 11) is 0. The second-order valence-corrected chi connectivity index (χ2v) is 13.2. The third-order valence-electron chi connectivity index (χ3n) is 10.5. The van der Waals surface area contributed by atoms with Crippen molar-refractivity contribution in [2.75, 3.05) is 0 Å². The van der Waals surface area contributed by atoms with Gasteiger partial charge in [-0.2, -0.15) is 0 Å². The number of rotatable bonds is 0. The van der Waals surface area contributed by atoms with E-state index in [1.807, 2.05) is 0 Å². The van der Waals surface area contributed by atoms with Gasteiger partial charge in [0, 0.05) is 10.8 Å². The molecule has 0 heteroatoms. The van der Waals surface area contributed by atoms with Crippen LogP contribution in [0.4, 0.5) is 0 Å². The van der Waals surface area contributed by atoms with Gasteiger partial charge in [0.05, 0.1) is 0 Å². The lowest BCUT2D eigenvalue weighted by molar-refractivity contribution is 0.652. The molecule has 0 aromatic heterocycles. The van der Waals surface area contributed by atoms with Crippen LogP contribution in [0.5, 0.6) is 0 Å². The molecule has 39 heavy (non-hydrogen) atoms. The van der Waals surface area contributed by atoms with Gasteiger partial charge in [-0.1, -0.05) is 88.4 Å². The Hall–Kier alpha value is -3.90. The lowest BCUT2D eigenvalue weighted by Gasteiger charge is -2.24. The van der Waals surface area contributed by atoms with Crippen LogP contribution in [0.1, 0.15) is 79.5 Å². The van der Waals surface area contributed by atoms with Crippen molar-refractivity contribution in [2.45, 2.75) is 58.3 Å². The number of benzene rings is 5. The maximum Gasteiger partial charge on any atom is 0.0159 e. The minimum Gasteiger partial charge on any atom is -0.0757 e. The van der Waals surface area contributed by atoms with Gasteiger partial charge in [0.15, 0.2) is 0 Å². The standard InChI is InChI=1S/C39H32/c1-21-10-8-11-22-16-17-30-37(34(21)22)29-20-31-28(19-32(29)38(30,2)3)36-26-15-9-14-25-23-12-6-7-13-24(23)27(35(25)26)18-33(36)39(31,4)5/h8-20H,6-7H2,1-5H3. The zero-order valence-electron chi connectivity index (χ0n) is 23.4. The van der Waals surface area contributed by atoms with Crippen molar-refractivity contribution < 1.29 is 0 Å². The van der Waals surface area contributed by atoms with Gasteiger partial charge in [0.25, 0.3) is 0 Å². The highest BCUT2D eigenvalue weighted by molar-refractivity contribution is 6.25. The number of hydrogen-bond acceptors (Lipinski definition) is 0. The zero-order valence-corrected chi connectivity index (χ0v) is 23.4. The lowest BCUT2D eigenvalue weighted by Crippen LogP contribution is -2.17. The van der Waals surface area contributed by atoms with Crippen LogP contribution in [-0.4, -0.2) is 0 Å². The number of fused-ring (bicyclic) bond motifs is 12. The van der Waals surface area contributed by atoms with E-state index < -0.39 is 0 Å². The molecule has 0 spiro atoms. The van der Waals surface area contributed by atoms with E-state index in [1.165, 1.54) is 93.9 Å². The Balaban J connectivity index is 1.40. The van der Waals surface area contributed by atoms with E-state index in [0.717, 1.165) is 12.8 Å². The Kier molecular flexibility index (Phi) is 3.83. The first-order valence-corrected chi connectivity index (χ1v) is 14.5. The van der Waals surface area contributed by atoms with Gasteiger partial charge in [-0.25, -0.2) is 0 Å². The van der Waals surface area contributed by atoms with Crippen molar-refractivity contribution >= 4 is 32.7 Å². The minimum atomic E-state index is -0.0609. The highest BCUT2D eigenvalue weighted by atomic mass is 14.5. The molecule has 0 unspecified atom stereocenters. The molecule has 188 valence electrons. The Morgan fingerprint density at radius 3 is 1.95 bits per heavy atom. The molecular weight excluding hydrogens is 468 g/mol. The lowest BCUT2D eigenvalue weighted by atomic mass is 9.79. The van der Waals surface area contributed by atoms with Gasteiger partial charge in [-0.05, 0) is 132 Å². The highest BCUT2D eigenvalue weighted by Gasteiger charge is 2.44. The van der Waals surface area contributed by atoms with E-state index in [9.17, 15) is 0 Å². The van der Waals surface area contributed by atoms with E-state index in [2.05, 4.69) is 114 Å². The highest BCUT2D eigenvalue weighted by Crippen LogP contribution is 2.60. The fraction of sp³-hybridized carbons (Fsp3) is 0.231. The van der Waals surface area contributed by atoms with Crippen LogP contribution in [0.3, 0.4) is 0 Å². The van der Waals surface area contributed by atoms with E-state index in [0.29, 0.717) is 0 Å². The quantitative estimate of drug-likeness (QED) is 0.198. The van der Waals surface area contributed by atoms with Gasteiger partial charge < -0.3 is 0 Å². The summed E-state index contributed by atoms with van der Waals surface area (Å²) in [5, 5.41) is 5.65. The molecule has 5 aromatic carbocycles. The third-order valence-corrected chi connectivity index (χ3v) is 10.5. The molecule has 0 heterocycles. The molecule has 0 atom stereocenters. The van der Waals surface area contributed by atoms with Crippen LogP contribution in [0.2, 0.25) is 0 Å². The Bertz CT molecular complexity index is 2050. The SMILES string of the molecule is Cc1cccc2ccc3c(c12)-c1cc2c(cc1C3(C)C)-c1c(cc3c4c(cccc14)C1=CCCC=C13)C2(C)C. The third kappa shape index (κ3) is 2.44. The Morgan fingerprint density at radius 1 is 0.538 bits per heavy atom. The first-order chi connectivity index (χ1) is 18.8. The van der Waals surface area contributed by atoms with Gasteiger partial charge in [-0.15, -0.1) is 0 Å². The number of aryl methyl sites for hydroxylation is 1. The van der Waals surface area contributed by atoms with Crippen LogP contribution in [0, 0.1) is 6.92 Å². The minimum absolute atomic E-state index is 0.0392. The second kappa shape index (κ2) is 6.80. The molecule has 0 saturated heterocycles. The van der Waals surface area contributed by atoms with Crippen molar-refractivity contribution in [1.82, 2.24) is 0 Å². The van der Waals surface area contributed by atoms with Crippen molar-refractivity contribution in [1.29, 1.82) is 0 Å². The van der Waals surface area contributed by atoms with Gasteiger partial charge >= 0.3 is 0 Å². The zero-order chi connectivity index (χ0) is 26.4. The van der Waals surface area contributed by atoms with Crippen LogP contribution < -0.4 is 0 Å². The maximum absolute atomic E-state index is 2.58. The topological polar surface area (TPSA) is 0 Å². The molecule has 4 aliphatic rings. The molecule has 0 fully saturated rings. The van der Waals surface area contributed by atoms with Crippen LogP contribution in [0.25, 0.3) is 54.9 Å². The molecule has 0 amide bonds.